The molecule has 0 radical (unpaired) electrons. The van der Waals surface area contributed by atoms with Crippen molar-refractivity contribution < 1.29 is 31.1 Å². The number of ketones is 1. The van der Waals surface area contributed by atoms with Gasteiger partial charge in [-0.05, 0) is 42.0 Å². The van der Waals surface area contributed by atoms with Crippen molar-refractivity contribution in [2.24, 2.45) is 0 Å². The number of aromatic nitrogens is 6. The van der Waals surface area contributed by atoms with Gasteiger partial charge in [-0.1, -0.05) is 28.9 Å². The van der Waals surface area contributed by atoms with E-state index in [1.54, 1.807) is 12.1 Å². The number of anilines is 1. The Morgan fingerprint density at radius 1 is 0.857 bits per heavy atom. The monoisotopic (exact) mass is 603 g/mol. The fourth-order valence-corrected chi connectivity index (χ4v) is 4.43. The van der Waals surface area contributed by atoms with E-state index < -0.39 is 35.8 Å². The Bertz CT molecular complexity index is 1760. The van der Waals surface area contributed by atoms with Gasteiger partial charge in [0.15, 0.2) is 5.78 Å². The van der Waals surface area contributed by atoms with Crippen molar-refractivity contribution in [3.8, 4) is 22.6 Å². The zero-order chi connectivity index (χ0) is 30.2. The van der Waals surface area contributed by atoms with Gasteiger partial charge in [0.05, 0.1) is 40.1 Å². The van der Waals surface area contributed by atoms with Crippen LogP contribution in [-0.4, -0.2) is 35.7 Å². The second-order valence-corrected chi connectivity index (χ2v) is 9.37. The number of hydrogen-bond donors (Lipinski definition) is 1. The Hall–Kier alpha value is -4.85. The van der Waals surface area contributed by atoms with Crippen LogP contribution >= 0.6 is 11.6 Å². The van der Waals surface area contributed by atoms with Crippen LogP contribution in [0.5, 0.6) is 0 Å². The molecular formula is C27H16ClF6N7O. The van der Waals surface area contributed by atoms with Gasteiger partial charge < -0.3 is 5.73 Å². The summed E-state index contributed by atoms with van der Waals surface area (Å²) in [4.78, 5) is 25.7. The Morgan fingerprint density at radius 2 is 1.50 bits per heavy atom. The molecule has 8 nitrogen and oxygen atoms in total. The summed E-state index contributed by atoms with van der Waals surface area (Å²) < 4.78 is 82.0. The molecule has 0 fully saturated rings. The quantitative estimate of drug-likeness (QED) is 0.178. The fourth-order valence-electron chi connectivity index (χ4n) is 4.21. The predicted octanol–water partition coefficient (Wildman–Crippen LogP) is 6.35. The van der Waals surface area contributed by atoms with E-state index in [4.69, 9.17) is 17.3 Å². The molecule has 0 atom stereocenters. The standard InChI is InChI=1S/C27H16ClF6N7O/c28-21-4-2-1-3-19(21)25(42)20-8-18(35)11-38-22(20)23-24(15-9-36-13-37-10-15)41(40-39-23)12-14-5-16(26(29,30)31)7-17(6-14)27(32,33)34/h1-11,13H,12,35H2. The summed E-state index contributed by atoms with van der Waals surface area (Å²) in [5.74, 6) is -0.562. The van der Waals surface area contributed by atoms with Gasteiger partial charge >= 0.3 is 12.4 Å². The highest BCUT2D eigenvalue weighted by Gasteiger charge is 2.37. The number of carbonyl (C=O) groups excluding carboxylic acids is 1. The molecule has 0 saturated heterocycles. The molecule has 0 bridgehead atoms. The minimum absolute atomic E-state index is 0.0146. The molecule has 5 rings (SSSR count). The maximum atomic E-state index is 13.5. The molecular weight excluding hydrogens is 588 g/mol. The van der Waals surface area contributed by atoms with Crippen LogP contribution in [0, 0.1) is 0 Å². The highest BCUT2D eigenvalue weighted by atomic mass is 35.5. The number of nitrogens with zero attached hydrogens (tertiary/aromatic N) is 6. The number of nitrogens with two attached hydrogens (primary N) is 1. The van der Waals surface area contributed by atoms with Crippen LogP contribution < -0.4 is 5.73 Å². The Kier molecular flexibility index (Phi) is 7.41. The molecule has 0 aliphatic heterocycles. The van der Waals surface area contributed by atoms with Gasteiger partial charge in [-0.2, -0.15) is 26.3 Å². The first kappa shape index (κ1) is 28.7. The van der Waals surface area contributed by atoms with Gasteiger partial charge in [0.1, 0.15) is 23.4 Å². The first-order valence-electron chi connectivity index (χ1n) is 11.9. The van der Waals surface area contributed by atoms with E-state index in [0.29, 0.717) is 12.1 Å². The second-order valence-electron chi connectivity index (χ2n) is 8.96. The first-order valence-corrected chi connectivity index (χ1v) is 12.2. The number of halogens is 7. The average molecular weight is 604 g/mol. The summed E-state index contributed by atoms with van der Waals surface area (Å²) in [6.45, 7) is -0.563. The third-order valence-electron chi connectivity index (χ3n) is 6.05. The highest BCUT2D eigenvalue weighted by molar-refractivity contribution is 6.35. The molecule has 0 aliphatic carbocycles. The summed E-state index contributed by atoms with van der Waals surface area (Å²) >= 11 is 6.24. The summed E-state index contributed by atoms with van der Waals surface area (Å²) in [5.41, 5.74) is 3.13. The van der Waals surface area contributed by atoms with Crippen molar-refractivity contribution in [2.75, 3.05) is 5.73 Å². The molecule has 3 heterocycles. The lowest BCUT2D eigenvalue weighted by atomic mass is 9.98. The number of alkyl halides is 6. The molecule has 0 unspecified atom stereocenters. The van der Waals surface area contributed by atoms with E-state index in [-0.39, 0.29) is 56.1 Å². The molecule has 3 aromatic heterocycles. The van der Waals surface area contributed by atoms with Crippen LogP contribution in [0.1, 0.15) is 32.6 Å². The zero-order valence-corrected chi connectivity index (χ0v) is 21.7. The van der Waals surface area contributed by atoms with Crippen molar-refractivity contribution >= 4 is 23.1 Å². The van der Waals surface area contributed by atoms with Crippen molar-refractivity contribution in [3.63, 3.8) is 0 Å². The van der Waals surface area contributed by atoms with E-state index >= 15 is 0 Å². The SMILES string of the molecule is Nc1cnc(-c2nnn(Cc3cc(C(F)(F)F)cc(C(F)(F)F)c3)c2-c2cncnc2)c(C(=O)c2ccccc2Cl)c1. The van der Waals surface area contributed by atoms with Gasteiger partial charge in [0.25, 0.3) is 0 Å². The van der Waals surface area contributed by atoms with E-state index in [1.165, 1.54) is 43.1 Å². The van der Waals surface area contributed by atoms with Crippen LogP contribution in [-0.2, 0) is 18.9 Å². The van der Waals surface area contributed by atoms with Crippen LogP contribution in [0.3, 0.4) is 0 Å². The maximum Gasteiger partial charge on any atom is 0.416 e. The van der Waals surface area contributed by atoms with Gasteiger partial charge in [0, 0.05) is 23.5 Å². The van der Waals surface area contributed by atoms with Crippen LogP contribution in [0.25, 0.3) is 22.6 Å². The zero-order valence-electron chi connectivity index (χ0n) is 20.9. The highest BCUT2D eigenvalue weighted by Crippen LogP contribution is 2.38. The van der Waals surface area contributed by atoms with Gasteiger partial charge in [-0.3, -0.25) is 9.78 Å². The number of hydrogen-bond acceptors (Lipinski definition) is 7. The van der Waals surface area contributed by atoms with Gasteiger partial charge in [-0.15, -0.1) is 5.10 Å². The smallest absolute Gasteiger partial charge is 0.397 e. The summed E-state index contributed by atoms with van der Waals surface area (Å²) in [7, 11) is 0. The summed E-state index contributed by atoms with van der Waals surface area (Å²) in [6.07, 6.45) is -4.93. The minimum Gasteiger partial charge on any atom is -0.397 e. The van der Waals surface area contributed by atoms with Crippen molar-refractivity contribution in [3.05, 3.63) is 106 Å². The molecule has 42 heavy (non-hydrogen) atoms. The third kappa shape index (κ3) is 5.79. The van der Waals surface area contributed by atoms with Gasteiger partial charge in [0.2, 0.25) is 0 Å². The predicted molar refractivity (Wildman–Crippen MR) is 139 cm³/mol. The van der Waals surface area contributed by atoms with E-state index in [1.807, 2.05) is 0 Å². The van der Waals surface area contributed by atoms with Crippen molar-refractivity contribution in [1.82, 2.24) is 29.9 Å². The summed E-state index contributed by atoms with van der Waals surface area (Å²) in [5, 5.41) is 8.27. The molecule has 214 valence electrons. The topological polar surface area (TPSA) is 112 Å². The lowest BCUT2D eigenvalue weighted by Crippen LogP contribution is -2.13. The number of benzene rings is 2. The molecule has 0 saturated carbocycles. The number of pyridine rings is 1. The molecule has 0 amide bonds. The molecule has 0 aliphatic rings. The maximum absolute atomic E-state index is 13.5. The van der Waals surface area contributed by atoms with Crippen LogP contribution in [0.2, 0.25) is 5.02 Å². The Labute approximate surface area is 237 Å². The molecule has 0 spiro atoms. The first-order chi connectivity index (χ1) is 19.8. The number of rotatable bonds is 6. The number of nitrogen functional groups attached to an aromatic ring is 1. The fraction of sp³-hybridized carbons (Fsp3) is 0.111. The van der Waals surface area contributed by atoms with Crippen molar-refractivity contribution in [2.45, 2.75) is 18.9 Å². The molecule has 2 N–H and O–H groups in total. The lowest BCUT2D eigenvalue weighted by molar-refractivity contribution is -0.143. The summed E-state index contributed by atoms with van der Waals surface area (Å²) in [6, 6.07) is 8.81. The van der Waals surface area contributed by atoms with E-state index in [9.17, 15) is 31.1 Å². The second kappa shape index (κ2) is 10.9. The molecule has 15 heteroatoms. The van der Waals surface area contributed by atoms with E-state index in [0.717, 1.165) is 4.68 Å². The number of carbonyl (C=O) groups is 1. The normalized spacial score (nSPS) is 12.0. The minimum atomic E-state index is -5.04. The Balaban J connectivity index is 1.69. The van der Waals surface area contributed by atoms with Gasteiger partial charge in [-0.25, -0.2) is 14.6 Å². The lowest BCUT2D eigenvalue weighted by Gasteiger charge is -2.15. The van der Waals surface area contributed by atoms with Crippen LogP contribution in [0.15, 0.2) is 73.4 Å². The van der Waals surface area contributed by atoms with Crippen molar-refractivity contribution in [1.29, 1.82) is 0 Å². The Morgan fingerprint density at radius 3 is 2.12 bits per heavy atom. The largest absolute Gasteiger partial charge is 0.416 e. The average Bonchev–Trinajstić information content (AvgIpc) is 3.35. The van der Waals surface area contributed by atoms with Crippen LogP contribution in [0.4, 0.5) is 32.0 Å². The third-order valence-corrected chi connectivity index (χ3v) is 6.37. The molecule has 5 aromatic rings. The van der Waals surface area contributed by atoms with E-state index in [2.05, 4.69) is 25.3 Å². The molecule has 2 aromatic carbocycles.